The number of aromatic nitrogens is 2. The van der Waals surface area contributed by atoms with Crippen molar-refractivity contribution in [1.82, 2.24) is 14.5 Å². The van der Waals surface area contributed by atoms with E-state index < -0.39 is 0 Å². The van der Waals surface area contributed by atoms with E-state index >= 15 is 0 Å². The molecule has 1 N–H and O–H groups in total. The van der Waals surface area contributed by atoms with Gasteiger partial charge in [-0.2, -0.15) is 0 Å². The van der Waals surface area contributed by atoms with Crippen molar-refractivity contribution in [2.45, 2.75) is 30.4 Å². The first-order valence-electron chi connectivity index (χ1n) is 10.6. The number of nitrogens with one attached hydrogen (secondary N) is 1. The Kier molecular flexibility index (Phi) is 3.80. The van der Waals surface area contributed by atoms with Gasteiger partial charge in [-0.05, 0) is 49.2 Å². The molecule has 1 unspecified atom stereocenters. The number of likely N-dealkylation sites (tertiary alicyclic amines) is 1. The van der Waals surface area contributed by atoms with Crippen LogP contribution in [0.4, 0.5) is 5.69 Å². The number of para-hydroxylation sites is 2. The molecule has 1 amide bonds. The van der Waals surface area contributed by atoms with E-state index in [0.717, 1.165) is 38.0 Å². The summed E-state index contributed by atoms with van der Waals surface area (Å²) < 4.78 is 8.81. The van der Waals surface area contributed by atoms with Crippen molar-refractivity contribution < 1.29 is 9.53 Å². The number of hydrogen-bond donors (Lipinski definition) is 1. The minimum Gasteiger partial charge on any atom is -0.372 e. The molecule has 0 saturated carbocycles. The fourth-order valence-corrected chi connectivity index (χ4v) is 5.38. The second kappa shape index (κ2) is 6.44. The van der Waals surface area contributed by atoms with Crippen molar-refractivity contribution in [1.29, 1.82) is 0 Å². The summed E-state index contributed by atoms with van der Waals surface area (Å²) in [6, 6.07) is 16.3. The molecule has 6 nitrogen and oxygen atoms in total. The van der Waals surface area contributed by atoms with Gasteiger partial charge in [-0.15, -0.1) is 0 Å². The van der Waals surface area contributed by atoms with Gasteiger partial charge >= 0.3 is 0 Å². The maximum atomic E-state index is 12.8. The van der Waals surface area contributed by atoms with Gasteiger partial charge in [0.05, 0.1) is 29.3 Å². The molecule has 0 bridgehead atoms. The molecule has 3 aliphatic heterocycles. The molecule has 152 valence electrons. The SMILES string of the molecule is O=C(c1ccncc1)N1CCC2(CC1)CC1(CO2)Nc2ccccc2-n2cccc21. The van der Waals surface area contributed by atoms with Crippen LogP contribution in [0.5, 0.6) is 0 Å². The van der Waals surface area contributed by atoms with E-state index in [-0.39, 0.29) is 17.0 Å². The Morgan fingerprint density at radius 2 is 1.83 bits per heavy atom. The monoisotopic (exact) mass is 400 g/mol. The van der Waals surface area contributed by atoms with Crippen molar-refractivity contribution >= 4 is 11.6 Å². The number of fused-ring (bicyclic) bond motifs is 4. The highest BCUT2D eigenvalue weighted by molar-refractivity contribution is 5.94. The predicted molar refractivity (Wildman–Crippen MR) is 114 cm³/mol. The summed E-state index contributed by atoms with van der Waals surface area (Å²) in [5.41, 5.74) is 3.87. The van der Waals surface area contributed by atoms with Crippen molar-refractivity contribution in [3.05, 3.63) is 78.4 Å². The predicted octanol–water partition coefficient (Wildman–Crippen LogP) is 3.59. The molecule has 5 heterocycles. The zero-order chi connectivity index (χ0) is 20.2. The minimum absolute atomic E-state index is 0.0820. The van der Waals surface area contributed by atoms with E-state index in [1.54, 1.807) is 24.5 Å². The van der Waals surface area contributed by atoms with Gasteiger partial charge in [0, 0.05) is 43.7 Å². The summed E-state index contributed by atoms with van der Waals surface area (Å²) in [4.78, 5) is 18.8. The minimum atomic E-state index is -0.227. The average Bonchev–Trinajstić information content (AvgIpc) is 3.42. The Balaban J connectivity index is 1.23. The maximum absolute atomic E-state index is 12.8. The Morgan fingerprint density at radius 3 is 2.67 bits per heavy atom. The van der Waals surface area contributed by atoms with Gasteiger partial charge in [0.15, 0.2) is 0 Å². The van der Waals surface area contributed by atoms with Gasteiger partial charge in [0.25, 0.3) is 5.91 Å². The Hall–Kier alpha value is -3.12. The second-order valence-electron chi connectivity index (χ2n) is 8.66. The quantitative estimate of drug-likeness (QED) is 0.678. The molecule has 2 fully saturated rings. The van der Waals surface area contributed by atoms with Crippen LogP contribution in [0.25, 0.3) is 5.69 Å². The molecule has 1 aromatic carbocycles. The first-order chi connectivity index (χ1) is 14.7. The molecule has 6 rings (SSSR count). The van der Waals surface area contributed by atoms with E-state index in [9.17, 15) is 4.79 Å². The third-order valence-corrected chi connectivity index (χ3v) is 6.91. The van der Waals surface area contributed by atoms with Crippen LogP contribution in [0.3, 0.4) is 0 Å². The van der Waals surface area contributed by atoms with Gasteiger partial charge in [-0.1, -0.05) is 12.1 Å². The second-order valence-corrected chi connectivity index (χ2v) is 8.66. The standard InChI is InChI=1S/C24H24N4O2/c29-22(18-7-11-25-12-8-18)27-14-9-23(10-15-27)16-24(17-30-23)21-6-3-13-28(21)20-5-2-1-4-19(20)26-24/h1-8,11-13,26H,9-10,14-17H2. The lowest BCUT2D eigenvalue weighted by molar-refractivity contribution is -0.0392. The van der Waals surface area contributed by atoms with E-state index in [4.69, 9.17) is 4.74 Å². The zero-order valence-electron chi connectivity index (χ0n) is 16.8. The Bertz CT molecular complexity index is 1100. The topological polar surface area (TPSA) is 59.4 Å². The fraction of sp³-hybridized carbons (Fsp3) is 0.333. The fourth-order valence-electron chi connectivity index (χ4n) is 5.38. The number of ether oxygens (including phenoxy) is 1. The van der Waals surface area contributed by atoms with Crippen LogP contribution in [0.1, 0.15) is 35.3 Å². The molecule has 30 heavy (non-hydrogen) atoms. The summed E-state index contributed by atoms with van der Waals surface area (Å²) >= 11 is 0. The van der Waals surface area contributed by atoms with Crippen molar-refractivity contribution in [3.8, 4) is 5.69 Å². The number of carbonyl (C=O) groups excluding carboxylic acids is 1. The lowest BCUT2D eigenvalue weighted by Gasteiger charge is -2.41. The molecule has 0 radical (unpaired) electrons. The third-order valence-electron chi connectivity index (χ3n) is 6.91. The van der Waals surface area contributed by atoms with Crippen LogP contribution in [0.2, 0.25) is 0 Å². The van der Waals surface area contributed by atoms with Gasteiger partial charge in [0.2, 0.25) is 0 Å². The van der Waals surface area contributed by atoms with Gasteiger partial charge in [-0.25, -0.2) is 0 Å². The lowest BCUT2D eigenvalue weighted by Crippen LogP contribution is -2.48. The molecular formula is C24H24N4O2. The molecule has 2 spiro atoms. The number of nitrogens with zero attached hydrogens (tertiary/aromatic N) is 3. The van der Waals surface area contributed by atoms with Gasteiger partial charge < -0.3 is 19.5 Å². The number of carbonyl (C=O) groups is 1. The van der Waals surface area contributed by atoms with Crippen LogP contribution in [0.15, 0.2) is 67.1 Å². The molecule has 0 aliphatic carbocycles. The molecule has 3 aromatic rings. The molecule has 2 aromatic heterocycles. The summed E-state index contributed by atoms with van der Waals surface area (Å²) in [5, 5.41) is 3.81. The van der Waals surface area contributed by atoms with Crippen molar-refractivity contribution in [2.24, 2.45) is 0 Å². The van der Waals surface area contributed by atoms with Crippen molar-refractivity contribution in [2.75, 3.05) is 25.0 Å². The van der Waals surface area contributed by atoms with Gasteiger partial charge in [0.1, 0.15) is 5.54 Å². The molecule has 6 heteroatoms. The highest BCUT2D eigenvalue weighted by atomic mass is 16.5. The summed E-state index contributed by atoms with van der Waals surface area (Å²) in [5.74, 6) is 0.0820. The van der Waals surface area contributed by atoms with Crippen LogP contribution in [0, 0.1) is 0 Å². The number of amides is 1. The molecule has 1 atom stereocenters. The van der Waals surface area contributed by atoms with Crippen molar-refractivity contribution in [3.63, 3.8) is 0 Å². The van der Waals surface area contributed by atoms with Crippen LogP contribution in [-0.2, 0) is 10.3 Å². The number of piperidine rings is 1. The van der Waals surface area contributed by atoms with E-state index in [1.807, 2.05) is 4.90 Å². The normalized spacial score (nSPS) is 23.8. The van der Waals surface area contributed by atoms with Crippen LogP contribution >= 0.6 is 0 Å². The van der Waals surface area contributed by atoms with E-state index in [0.29, 0.717) is 12.2 Å². The highest BCUT2D eigenvalue weighted by Gasteiger charge is 2.54. The number of rotatable bonds is 1. The molecular weight excluding hydrogens is 376 g/mol. The maximum Gasteiger partial charge on any atom is 0.253 e. The number of benzene rings is 1. The molecule has 3 aliphatic rings. The zero-order valence-corrected chi connectivity index (χ0v) is 16.8. The Morgan fingerprint density at radius 1 is 1.03 bits per heavy atom. The largest absolute Gasteiger partial charge is 0.372 e. The number of hydrogen-bond acceptors (Lipinski definition) is 4. The Labute approximate surface area is 175 Å². The number of anilines is 1. The first kappa shape index (κ1) is 17.7. The molecule has 2 saturated heterocycles. The van der Waals surface area contributed by atoms with E-state index in [2.05, 4.69) is 57.5 Å². The first-order valence-corrected chi connectivity index (χ1v) is 10.6. The van der Waals surface area contributed by atoms with Gasteiger partial charge in [-0.3, -0.25) is 9.78 Å². The third kappa shape index (κ3) is 2.60. The smallest absolute Gasteiger partial charge is 0.253 e. The summed E-state index contributed by atoms with van der Waals surface area (Å²) in [7, 11) is 0. The van der Waals surface area contributed by atoms with Crippen LogP contribution in [-0.4, -0.2) is 45.7 Å². The average molecular weight is 400 g/mol. The summed E-state index contributed by atoms with van der Waals surface area (Å²) in [6.45, 7) is 2.08. The summed E-state index contributed by atoms with van der Waals surface area (Å²) in [6.07, 6.45) is 8.10. The van der Waals surface area contributed by atoms with E-state index in [1.165, 1.54) is 11.4 Å². The van der Waals surface area contributed by atoms with Crippen LogP contribution < -0.4 is 5.32 Å². The lowest BCUT2D eigenvalue weighted by atomic mass is 9.79. The number of pyridine rings is 1. The highest BCUT2D eigenvalue weighted by Crippen LogP contribution is 2.50.